The lowest BCUT2D eigenvalue weighted by Gasteiger charge is -2.17. The summed E-state index contributed by atoms with van der Waals surface area (Å²) in [7, 11) is 0. The molecule has 2 aromatic carbocycles. The summed E-state index contributed by atoms with van der Waals surface area (Å²) in [6.45, 7) is 3.87. The summed E-state index contributed by atoms with van der Waals surface area (Å²) >= 11 is 0. The molecule has 1 heterocycles. The first-order chi connectivity index (χ1) is 13.3. The minimum Gasteiger partial charge on any atom is -0.382 e. The third kappa shape index (κ3) is 5.17. The third-order valence-electron chi connectivity index (χ3n) is 4.55. The van der Waals surface area contributed by atoms with Gasteiger partial charge in [-0.05, 0) is 24.5 Å². The molecule has 0 aromatic heterocycles. The van der Waals surface area contributed by atoms with Crippen LogP contribution in [0.15, 0.2) is 65.8 Å². The molecular weight excluding hydrogens is 340 g/mol. The van der Waals surface area contributed by atoms with Gasteiger partial charge < -0.3 is 14.9 Å². The van der Waals surface area contributed by atoms with Crippen LogP contribution in [0.4, 0.5) is 0 Å². The Morgan fingerprint density at radius 2 is 1.78 bits per heavy atom. The van der Waals surface area contributed by atoms with E-state index in [4.69, 9.17) is 9.57 Å². The van der Waals surface area contributed by atoms with Crippen molar-refractivity contribution in [3.05, 3.63) is 71.8 Å². The minimum absolute atomic E-state index is 0.0110. The number of hydrogen-bond donors (Lipinski definition) is 1. The van der Waals surface area contributed by atoms with Gasteiger partial charge in [0.1, 0.15) is 0 Å². The molecular formula is C22H26N2O3. The van der Waals surface area contributed by atoms with Crippen LogP contribution in [0, 0.1) is 0 Å². The third-order valence-corrected chi connectivity index (χ3v) is 4.55. The van der Waals surface area contributed by atoms with Crippen LogP contribution in [0.25, 0.3) is 0 Å². The largest absolute Gasteiger partial charge is 0.382 e. The minimum atomic E-state index is -0.568. The molecule has 5 nitrogen and oxygen atoms in total. The van der Waals surface area contributed by atoms with Crippen LogP contribution in [0.1, 0.15) is 36.8 Å². The van der Waals surface area contributed by atoms with Gasteiger partial charge in [-0.15, -0.1) is 0 Å². The number of carbonyl (C=O) groups is 1. The van der Waals surface area contributed by atoms with Crippen LogP contribution >= 0.6 is 0 Å². The monoisotopic (exact) mass is 366 g/mol. The molecule has 0 saturated heterocycles. The van der Waals surface area contributed by atoms with E-state index in [0.717, 1.165) is 23.3 Å². The van der Waals surface area contributed by atoms with Crippen LogP contribution in [-0.2, 0) is 14.4 Å². The summed E-state index contributed by atoms with van der Waals surface area (Å²) in [5.41, 5.74) is 3.16. The van der Waals surface area contributed by atoms with E-state index in [9.17, 15) is 4.79 Å². The van der Waals surface area contributed by atoms with Crippen molar-refractivity contribution < 1.29 is 14.4 Å². The van der Waals surface area contributed by atoms with E-state index in [1.165, 1.54) is 0 Å². The molecule has 0 spiro atoms. The summed E-state index contributed by atoms with van der Waals surface area (Å²) in [6, 6.07) is 20.4. The van der Waals surface area contributed by atoms with E-state index < -0.39 is 6.10 Å². The summed E-state index contributed by atoms with van der Waals surface area (Å²) in [5.74, 6) is -0.131. The SMILES string of the molecule is CCOCCCNC(=O)[C@@H]1CC(C(c2ccccc2)c2ccccc2)=NO1. The van der Waals surface area contributed by atoms with E-state index in [0.29, 0.717) is 26.2 Å². The second-order valence-corrected chi connectivity index (χ2v) is 6.48. The van der Waals surface area contributed by atoms with Gasteiger partial charge in [0.2, 0.25) is 6.10 Å². The van der Waals surface area contributed by atoms with Gasteiger partial charge in [0.25, 0.3) is 5.91 Å². The predicted octanol–water partition coefficient (Wildman–Crippen LogP) is 3.51. The number of benzene rings is 2. The first-order valence-corrected chi connectivity index (χ1v) is 9.47. The lowest BCUT2D eigenvalue weighted by Crippen LogP contribution is -2.36. The van der Waals surface area contributed by atoms with Gasteiger partial charge in [-0.3, -0.25) is 4.79 Å². The number of carbonyl (C=O) groups excluding carboxylic acids is 1. The molecule has 1 N–H and O–H groups in total. The van der Waals surface area contributed by atoms with Crippen molar-refractivity contribution in [2.45, 2.75) is 31.8 Å². The molecule has 2 aromatic rings. The number of rotatable bonds is 9. The number of amides is 1. The quantitative estimate of drug-likeness (QED) is 0.691. The zero-order valence-corrected chi connectivity index (χ0v) is 15.6. The number of hydrogen-bond acceptors (Lipinski definition) is 4. The van der Waals surface area contributed by atoms with Crippen molar-refractivity contribution in [2.24, 2.45) is 5.16 Å². The van der Waals surface area contributed by atoms with Crippen LogP contribution < -0.4 is 5.32 Å². The van der Waals surface area contributed by atoms with Gasteiger partial charge >= 0.3 is 0 Å². The Kier molecular flexibility index (Phi) is 6.99. The molecule has 0 unspecified atom stereocenters. The molecule has 0 bridgehead atoms. The lowest BCUT2D eigenvalue weighted by atomic mass is 9.85. The Balaban J connectivity index is 1.65. The second-order valence-electron chi connectivity index (χ2n) is 6.48. The molecule has 1 amide bonds. The van der Waals surface area contributed by atoms with Crippen LogP contribution in [0.3, 0.4) is 0 Å². The van der Waals surface area contributed by atoms with E-state index in [-0.39, 0.29) is 11.8 Å². The average molecular weight is 366 g/mol. The van der Waals surface area contributed by atoms with Crippen molar-refractivity contribution in [3.8, 4) is 0 Å². The molecule has 3 rings (SSSR count). The normalized spacial score (nSPS) is 16.1. The average Bonchev–Trinajstić information content (AvgIpc) is 3.19. The molecule has 5 heteroatoms. The van der Waals surface area contributed by atoms with Gasteiger partial charge in [-0.1, -0.05) is 65.8 Å². The van der Waals surface area contributed by atoms with E-state index in [1.807, 2.05) is 43.3 Å². The highest BCUT2D eigenvalue weighted by atomic mass is 16.6. The Bertz CT molecular complexity index is 707. The van der Waals surface area contributed by atoms with Crippen molar-refractivity contribution in [2.75, 3.05) is 19.8 Å². The Labute approximate surface area is 160 Å². The molecule has 1 aliphatic heterocycles. The number of oxime groups is 1. The lowest BCUT2D eigenvalue weighted by molar-refractivity contribution is -0.131. The zero-order valence-electron chi connectivity index (χ0n) is 15.6. The highest BCUT2D eigenvalue weighted by Gasteiger charge is 2.33. The fraction of sp³-hybridized carbons (Fsp3) is 0.364. The maximum Gasteiger partial charge on any atom is 0.264 e. The van der Waals surface area contributed by atoms with Crippen LogP contribution in [0.5, 0.6) is 0 Å². The second kappa shape index (κ2) is 9.88. The van der Waals surface area contributed by atoms with Crippen molar-refractivity contribution in [1.29, 1.82) is 0 Å². The summed E-state index contributed by atoms with van der Waals surface area (Å²) < 4.78 is 5.28. The van der Waals surface area contributed by atoms with Crippen molar-refractivity contribution >= 4 is 11.6 Å². The van der Waals surface area contributed by atoms with Crippen LogP contribution in [-0.4, -0.2) is 37.5 Å². The van der Waals surface area contributed by atoms with E-state index in [1.54, 1.807) is 0 Å². The Morgan fingerprint density at radius 1 is 1.15 bits per heavy atom. The predicted molar refractivity (Wildman–Crippen MR) is 106 cm³/mol. The fourth-order valence-electron chi connectivity index (χ4n) is 3.22. The molecule has 0 fully saturated rings. The van der Waals surface area contributed by atoms with E-state index >= 15 is 0 Å². The van der Waals surface area contributed by atoms with Gasteiger partial charge in [0.05, 0.1) is 11.6 Å². The van der Waals surface area contributed by atoms with Gasteiger partial charge in [-0.25, -0.2) is 0 Å². The zero-order chi connectivity index (χ0) is 18.9. The highest BCUT2D eigenvalue weighted by molar-refractivity contribution is 5.98. The highest BCUT2D eigenvalue weighted by Crippen LogP contribution is 2.31. The molecule has 1 aliphatic rings. The van der Waals surface area contributed by atoms with Gasteiger partial charge in [0.15, 0.2) is 0 Å². The molecule has 0 radical (unpaired) electrons. The maximum atomic E-state index is 12.4. The van der Waals surface area contributed by atoms with Crippen molar-refractivity contribution in [1.82, 2.24) is 5.32 Å². The molecule has 142 valence electrons. The van der Waals surface area contributed by atoms with Gasteiger partial charge in [0, 0.05) is 26.2 Å². The summed E-state index contributed by atoms with van der Waals surface area (Å²) in [4.78, 5) is 17.8. The smallest absolute Gasteiger partial charge is 0.264 e. The number of nitrogens with zero attached hydrogens (tertiary/aromatic N) is 1. The number of ether oxygens (including phenoxy) is 1. The Morgan fingerprint density at radius 3 is 2.37 bits per heavy atom. The first kappa shape index (κ1) is 19.1. The maximum absolute atomic E-state index is 12.4. The summed E-state index contributed by atoms with van der Waals surface area (Å²) in [6.07, 6.45) is 0.713. The molecule has 27 heavy (non-hydrogen) atoms. The topological polar surface area (TPSA) is 59.9 Å². The number of nitrogens with one attached hydrogen (secondary N) is 1. The first-order valence-electron chi connectivity index (χ1n) is 9.47. The van der Waals surface area contributed by atoms with Gasteiger partial charge in [-0.2, -0.15) is 0 Å². The fourth-order valence-corrected chi connectivity index (χ4v) is 3.22. The van der Waals surface area contributed by atoms with E-state index in [2.05, 4.69) is 34.7 Å². The van der Waals surface area contributed by atoms with Crippen LogP contribution in [0.2, 0.25) is 0 Å². The molecule has 0 aliphatic carbocycles. The Hall–Kier alpha value is -2.66. The molecule has 1 atom stereocenters. The standard InChI is InChI=1S/C22H26N2O3/c1-2-26-15-9-14-23-22(25)20-16-19(24-27-20)21(17-10-5-3-6-11-17)18-12-7-4-8-13-18/h3-8,10-13,20-21H,2,9,14-16H2,1H3,(H,23,25)/t20-/m0/s1. The molecule has 0 saturated carbocycles. The van der Waals surface area contributed by atoms with Crippen molar-refractivity contribution in [3.63, 3.8) is 0 Å². The summed E-state index contributed by atoms with van der Waals surface area (Å²) in [5, 5.41) is 7.19.